The third kappa shape index (κ3) is 4.33. The Bertz CT molecular complexity index is 1190. The number of rotatable bonds is 7. The Morgan fingerprint density at radius 3 is 2.32 bits per heavy atom. The normalized spacial score (nSPS) is 10.9. The van der Waals surface area contributed by atoms with Crippen LogP contribution in [-0.2, 0) is 12.8 Å². The smallest absolute Gasteiger partial charge is 0.262 e. The number of ether oxygens (including phenoxy) is 2. The van der Waals surface area contributed by atoms with Crippen molar-refractivity contribution in [3.8, 4) is 11.5 Å². The average Bonchev–Trinajstić information content (AvgIpc) is 3.15. The fourth-order valence-corrected chi connectivity index (χ4v) is 3.90. The lowest BCUT2D eigenvalue weighted by Crippen LogP contribution is -2.13. The molecule has 4 rings (SSSR count). The third-order valence-corrected chi connectivity index (χ3v) is 5.62. The minimum absolute atomic E-state index is 0.0227. The van der Waals surface area contributed by atoms with Crippen molar-refractivity contribution in [2.24, 2.45) is 0 Å². The van der Waals surface area contributed by atoms with Gasteiger partial charge in [0.2, 0.25) is 0 Å². The Balaban J connectivity index is 1.45. The van der Waals surface area contributed by atoms with Crippen molar-refractivity contribution >= 4 is 16.8 Å². The highest BCUT2D eigenvalue weighted by Crippen LogP contribution is 2.25. The molecule has 0 aliphatic heterocycles. The van der Waals surface area contributed by atoms with Crippen LogP contribution in [0.25, 0.3) is 10.9 Å². The molecule has 0 atom stereocenters. The van der Waals surface area contributed by atoms with Gasteiger partial charge in [0.05, 0.1) is 19.2 Å². The first kappa shape index (κ1) is 20.7. The van der Waals surface area contributed by atoms with Crippen LogP contribution in [0.3, 0.4) is 0 Å². The summed E-state index contributed by atoms with van der Waals surface area (Å²) in [5.74, 6) is 1.58. The van der Waals surface area contributed by atoms with Gasteiger partial charge in [-0.25, -0.2) is 0 Å². The summed E-state index contributed by atoms with van der Waals surface area (Å²) in [6, 6.07) is 23.6. The minimum Gasteiger partial charge on any atom is -0.497 e. The summed E-state index contributed by atoms with van der Waals surface area (Å²) < 4.78 is 12.8. The lowest BCUT2D eigenvalue weighted by molar-refractivity contribution is 0.0963. The van der Waals surface area contributed by atoms with Crippen LogP contribution >= 0.6 is 0 Å². The molecular formula is C27H27NO3. The third-order valence-electron chi connectivity index (χ3n) is 5.62. The van der Waals surface area contributed by atoms with Crippen LogP contribution in [0.4, 0.5) is 0 Å². The molecule has 0 unspecified atom stereocenters. The van der Waals surface area contributed by atoms with Gasteiger partial charge in [0.15, 0.2) is 0 Å². The van der Waals surface area contributed by atoms with Crippen molar-refractivity contribution in [3.63, 3.8) is 0 Å². The standard InChI is InChI=1S/C27H27NO3/c1-4-21-6-5-7-26-25(21)18-19(2)28(26)27(29)22-10-14-24(15-11-22)31-17-16-20-8-12-23(30-3)13-9-20/h5-15,18H,4,16-17H2,1-3H3. The van der Waals surface area contributed by atoms with E-state index in [1.54, 1.807) is 11.7 Å². The fourth-order valence-electron chi connectivity index (χ4n) is 3.90. The zero-order valence-electron chi connectivity index (χ0n) is 18.2. The number of fused-ring (bicyclic) bond motifs is 1. The molecular weight excluding hydrogens is 386 g/mol. The van der Waals surface area contributed by atoms with Crippen LogP contribution < -0.4 is 9.47 Å². The highest BCUT2D eigenvalue weighted by molar-refractivity contribution is 6.03. The van der Waals surface area contributed by atoms with Crippen LogP contribution in [0.5, 0.6) is 11.5 Å². The molecule has 4 nitrogen and oxygen atoms in total. The second kappa shape index (κ2) is 9.09. The number of aromatic nitrogens is 1. The first-order valence-corrected chi connectivity index (χ1v) is 10.6. The van der Waals surface area contributed by atoms with Crippen molar-refractivity contribution in [2.75, 3.05) is 13.7 Å². The number of nitrogens with zero attached hydrogens (tertiary/aromatic N) is 1. The molecule has 0 amide bonds. The zero-order chi connectivity index (χ0) is 21.8. The maximum Gasteiger partial charge on any atom is 0.262 e. The number of carbonyl (C=O) groups excluding carboxylic acids is 1. The van der Waals surface area contributed by atoms with Gasteiger partial charge in [0, 0.05) is 23.1 Å². The number of benzene rings is 3. The van der Waals surface area contributed by atoms with Crippen LogP contribution in [0.1, 0.15) is 34.1 Å². The number of hydrogen-bond donors (Lipinski definition) is 0. The lowest BCUT2D eigenvalue weighted by Gasteiger charge is -2.10. The molecule has 0 bridgehead atoms. The Kier molecular flexibility index (Phi) is 6.08. The average molecular weight is 414 g/mol. The number of aryl methyl sites for hydroxylation is 2. The SMILES string of the molecule is CCc1cccc2c1cc(C)n2C(=O)c1ccc(OCCc2ccc(OC)cc2)cc1. The van der Waals surface area contributed by atoms with E-state index in [1.807, 2.05) is 67.6 Å². The van der Waals surface area contributed by atoms with E-state index in [-0.39, 0.29) is 5.91 Å². The molecule has 3 aromatic carbocycles. The number of carbonyl (C=O) groups is 1. The topological polar surface area (TPSA) is 40.5 Å². The maximum atomic E-state index is 13.2. The van der Waals surface area contributed by atoms with Gasteiger partial charge in [-0.15, -0.1) is 0 Å². The fraction of sp³-hybridized carbons (Fsp3) is 0.222. The predicted molar refractivity (Wildman–Crippen MR) is 124 cm³/mol. The van der Waals surface area contributed by atoms with E-state index in [9.17, 15) is 4.79 Å². The summed E-state index contributed by atoms with van der Waals surface area (Å²) in [6.07, 6.45) is 1.75. The van der Waals surface area contributed by atoms with Gasteiger partial charge in [-0.1, -0.05) is 31.2 Å². The van der Waals surface area contributed by atoms with Crippen molar-refractivity contribution in [2.45, 2.75) is 26.7 Å². The van der Waals surface area contributed by atoms with Gasteiger partial charge in [-0.05, 0) is 73.0 Å². The summed E-state index contributed by atoms with van der Waals surface area (Å²) in [4.78, 5) is 13.2. The first-order valence-electron chi connectivity index (χ1n) is 10.6. The van der Waals surface area contributed by atoms with E-state index in [0.29, 0.717) is 12.2 Å². The van der Waals surface area contributed by atoms with Gasteiger partial charge >= 0.3 is 0 Å². The molecule has 0 N–H and O–H groups in total. The number of methoxy groups -OCH3 is 1. The Labute approximate surface area is 183 Å². The second-order valence-corrected chi connectivity index (χ2v) is 7.60. The quantitative estimate of drug-likeness (QED) is 0.383. The highest BCUT2D eigenvalue weighted by atomic mass is 16.5. The molecule has 0 saturated heterocycles. The van der Waals surface area contributed by atoms with Gasteiger partial charge in [0.1, 0.15) is 11.5 Å². The van der Waals surface area contributed by atoms with Gasteiger partial charge in [-0.2, -0.15) is 0 Å². The van der Waals surface area contributed by atoms with Crippen LogP contribution in [0.15, 0.2) is 72.8 Å². The van der Waals surface area contributed by atoms with Crippen LogP contribution in [0, 0.1) is 6.92 Å². The predicted octanol–water partition coefficient (Wildman–Crippen LogP) is 5.83. The highest BCUT2D eigenvalue weighted by Gasteiger charge is 2.16. The summed E-state index contributed by atoms with van der Waals surface area (Å²) in [5.41, 5.74) is 4.99. The summed E-state index contributed by atoms with van der Waals surface area (Å²) >= 11 is 0. The molecule has 31 heavy (non-hydrogen) atoms. The molecule has 0 radical (unpaired) electrons. The van der Waals surface area contributed by atoms with Crippen molar-refractivity contribution in [1.29, 1.82) is 0 Å². The zero-order valence-corrected chi connectivity index (χ0v) is 18.2. The molecule has 1 heterocycles. The van der Waals surface area contributed by atoms with Gasteiger partial charge in [-0.3, -0.25) is 9.36 Å². The summed E-state index contributed by atoms with van der Waals surface area (Å²) in [5, 5.41) is 1.15. The van der Waals surface area contributed by atoms with Gasteiger partial charge < -0.3 is 9.47 Å². The summed E-state index contributed by atoms with van der Waals surface area (Å²) in [7, 11) is 1.66. The van der Waals surface area contributed by atoms with E-state index in [2.05, 4.69) is 19.1 Å². The van der Waals surface area contributed by atoms with Crippen LogP contribution in [0.2, 0.25) is 0 Å². The van der Waals surface area contributed by atoms with E-state index < -0.39 is 0 Å². The van der Waals surface area contributed by atoms with Crippen molar-refractivity contribution in [3.05, 3.63) is 95.2 Å². The molecule has 0 aliphatic carbocycles. The van der Waals surface area contributed by atoms with E-state index >= 15 is 0 Å². The monoisotopic (exact) mass is 413 g/mol. The van der Waals surface area contributed by atoms with Gasteiger partial charge in [0.25, 0.3) is 5.91 Å². The largest absolute Gasteiger partial charge is 0.497 e. The first-order chi connectivity index (χ1) is 15.1. The Morgan fingerprint density at radius 2 is 1.65 bits per heavy atom. The Morgan fingerprint density at radius 1 is 0.935 bits per heavy atom. The lowest BCUT2D eigenvalue weighted by atomic mass is 10.1. The molecule has 0 spiro atoms. The van der Waals surface area contributed by atoms with Crippen molar-refractivity contribution in [1.82, 2.24) is 4.57 Å². The van der Waals surface area contributed by atoms with Crippen molar-refractivity contribution < 1.29 is 14.3 Å². The number of hydrogen-bond acceptors (Lipinski definition) is 3. The van der Waals surface area contributed by atoms with Crippen LogP contribution in [-0.4, -0.2) is 24.2 Å². The molecule has 158 valence electrons. The molecule has 4 heteroatoms. The van der Waals surface area contributed by atoms with E-state index in [4.69, 9.17) is 9.47 Å². The Hall–Kier alpha value is -3.53. The van der Waals surface area contributed by atoms with E-state index in [0.717, 1.165) is 40.9 Å². The minimum atomic E-state index is -0.0227. The molecule has 1 aromatic heterocycles. The summed E-state index contributed by atoms with van der Waals surface area (Å²) in [6.45, 7) is 4.69. The van der Waals surface area contributed by atoms with E-state index in [1.165, 1.54) is 11.1 Å². The molecule has 0 saturated carbocycles. The molecule has 4 aromatic rings. The molecule has 0 aliphatic rings. The second-order valence-electron chi connectivity index (χ2n) is 7.60. The molecule has 0 fully saturated rings. The maximum absolute atomic E-state index is 13.2.